The second-order valence-corrected chi connectivity index (χ2v) is 5.52. The van der Waals surface area contributed by atoms with Crippen molar-refractivity contribution in [1.82, 2.24) is 5.32 Å². The zero-order valence-electron chi connectivity index (χ0n) is 10.3. The molecule has 3 N–H and O–H groups in total. The van der Waals surface area contributed by atoms with E-state index in [0.717, 1.165) is 0 Å². The van der Waals surface area contributed by atoms with Crippen LogP contribution in [0.1, 0.15) is 41.0 Å². The minimum absolute atomic E-state index is 0.180. The number of aliphatic hydroxyl groups excluding tert-OH is 1. The van der Waals surface area contributed by atoms with E-state index >= 15 is 0 Å². The van der Waals surface area contributed by atoms with Crippen molar-refractivity contribution in [3.8, 4) is 0 Å². The molecule has 0 heterocycles. The van der Waals surface area contributed by atoms with Crippen LogP contribution in [-0.4, -0.2) is 28.5 Å². The van der Waals surface area contributed by atoms with Crippen molar-refractivity contribution in [3.05, 3.63) is 0 Å². The Bertz CT molecular complexity index is 220. The summed E-state index contributed by atoms with van der Waals surface area (Å²) in [4.78, 5) is 10.8. The minimum Gasteiger partial charge on any atom is -0.465 e. The molecular formula is C11H23NO3. The van der Waals surface area contributed by atoms with Crippen LogP contribution in [-0.2, 0) is 0 Å². The van der Waals surface area contributed by atoms with Gasteiger partial charge in [-0.05, 0) is 17.8 Å². The van der Waals surface area contributed by atoms with Gasteiger partial charge in [0, 0.05) is 0 Å². The molecule has 90 valence electrons. The van der Waals surface area contributed by atoms with Gasteiger partial charge in [0.1, 0.15) is 0 Å². The van der Waals surface area contributed by atoms with Crippen LogP contribution in [0, 0.1) is 11.3 Å². The van der Waals surface area contributed by atoms with Crippen LogP contribution in [0.3, 0.4) is 0 Å². The number of rotatable bonds is 4. The van der Waals surface area contributed by atoms with Crippen LogP contribution >= 0.6 is 0 Å². The monoisotopic (exact) mass is 217 g/mol. The van der Waals surface area contributed by atoms with E-state index in [4.69, 9.17) is 5.11 Å². The number of carboxylic acid groups (broad SMARTS) is 1. The number of aliphatic hydroxyl groups is 1. The molecule has 0 aliphatic rings. The highest BCUT2D eigenvalue weighted by Gasteiger charge is 2.43. The van der Waals surface area contributed by atoms with Crippen LogP contribution in [0.5, 0.6) is 0 Å². The summed E-state index contributed by atoms with van der Waals surface area (Å²) in [5, 5.41) is 20.8. The summed E-state index contributed by atoms with van der Waals surface area (Å²) < 4.78 is 0. The summed E-state index contributed by atoms with van der Waals surface area (Å²) in [6.07, 6.45) is -0.459. The third-order valence-corrected chi connectivity index (χ3v) is 2.81. The van der Waals surface area contributed by atoms with Gasteiger partial charge in [-0.2, -0.15) is 0 Å². The van der Waals surface area contributed by atoms with Gasteiger partial charge in [0.15, 0.2) is 0 Å². The largest absolute Gasteiger partial charge is 0.465 e. The average Bonchev–Trinajstić information content (AvgIpc) is 1.98. The number of nitrogens with one attached hydrogen (secondary N) is 1. The first-order chi connectivity index (χ1) is 6.64. The first-order valence-corrected chi connectivity index (χ1v) is 5.26. The van der Waals surface area contributed by atoms with E-state index in [-0.39, 0.29) is 12.0 Å². The fourth-order valence-corrected chi connectivity index (χ4v) is 1.79. The zero-order valence-corrected chi connectivity index (χ0v) is 10.3. The Morgan fingerprint density at radius 3 is 2.00 bits per heavy atom. The molecule has 0 radical (unpaired) electrons. The van der Waals surface area contributed by atoms with Gasteiger partial charge < -0.3 is 15.5 Å². The molecule has 4 nitrogen and oxygen atoms in total. The van der Waals surface area contributed by atoms with Gasteiger partial charge in [0.25, 0.3) is 0 Å². The Morgan fingerprint density at radius 1 is 1.33 bits per heavy atom. The molecular weight excluding hydrogens is 194 g/mol. The van der Waals surface area contributed by atoms with E-state index in [9.17, 15) is 9.90 Å². The third kappa shape index (κ3) is 3.70. The molecule has 0 aliphatic heterocycles. The molecule has 15 heavy (non-hydrogen) atoms. The maximum atomic E-state index is 10.8. The summed E-state index contributed by atoms with van der Waals surface area (Å²) in [5.41, 5.74) is -1.09. The van der Waals surface area contributed by atoms with Crippen LogP contribution < -0.4 is 5.32 Å². The van der Waals surface area contributed by atoms with Gasteiger partial charge in [0.2, 0.25) is 0 Å². The lowest BCUT2D eigenvalue weighted by Gasteiger charge is -2.44. The summed E-state index contributed by atoms with van der Waals surface area (Å²) in [5.74, 6) is 0.322. The maximum absolute atomic E-state index is 10.8. The molecule has 0 unspecified atom stereocenters. The van der Waals surface area contributed by atoms with E-state index < -0.39 is 11.6 Å². The van der Waals surface area contributed by atoms with Crippen LogP contribution in [0.4, 0.5) is 4.79 Å². The van der Waals surface area contributed by atoms with Gasteiger partial charge >= 0.3 is 6.09 Å². The first kappa shape index (κ1) is 14.2. The lowest BCUT2D eigenvalue weighted by molar-refractivity contribution is 0.0424. The molecule has 0 aromatic rings. The number of carbonyl (C=O) groups is 1. The van der Waals surface area contributed by atoms with Gasteiger partial charge in [-0.3, -0.25) is 0 Å². The maximum Gasteiger partial charge on any atom is 0.405 e. The Balaban J connectivity index is 5.02. The molecule has 4 heteroatoms. The topological polar surface area (TPSA) is 69.6 Å². The van der Waals surface area contributed by atoms with Crippen LogP contribution in [0.15, 0.2) is 0 Å². The molecule has 1 atom stereocenters. The average molecular weight is 217 g/mol. The summed E-state index contributed by atoms with van der Waals surface area (Å²) >= 11 is 0. The Hall–Kier alpha value is -0.770. The van der Waals surface area contributed by atoms with Crippen molar-refractivity contribution in [3.63, 3.8) is 0 Å². The lowest BCUT2D eigenvalue weighted by Crippen LogP contribution is -2.60. The lowest BCUT2D eigenvalue weighted by atomic mass is 9.70. The van der Waals surface area contributed by atoms with Gasteiger partial charge in [-0.25, -0.2) is 4.79 Å². The molecule has 0 fully saturated rings. The van der Waals surface area contributed by atoms with Crippen LogP contribution in [0.25, 0.3) is 0 Å². The summed E-state index contributed by atoms with van der Waals surface area (Å²) in [6, 6.07) is 0. The molecule has 0 saturated heterocycles. The number of hydrogen-bond donors (Lipinski definition) is 3. The smallest absolute Gasteiger partial charge is 0.405 e. The van der Waals surface area contributed by atoms with Crippen molar-refractivity contribution in [2.75, 3.05) is 6.61 Å². The molecule has 0 aromatic heterocycles. The van der Waals surface area contributed by atoms with Crippen molar-refractivity contribution in [2.24, 2.45) is 11.3 Å². The summed E-state index contributed by atoms with van der Waals surface area (Å²) in [7, 11) is 0. The third-order valence-electron chi connectivity index (χ3n) is 2.81. The molecule has 0 aromatic carbocycles. The van der Waals surface area contributed by atoms with Crippen molar-refractivity contribution in [1.29, 1.82) is 0 Å². The Labute approximate surface area is 91.7 Å². The van der Waals surface area contributed by atoms with Gasteiger partial charge in [-0.1, -0.05) is 34.6 Å². The fraction of sp³-hybridized carbons (Fsp3) is 0.909. The molecule has 0 bridgehead atoms. The fourth-order valence-electron chi connectivity index (χ4n) is 1.79. The van der Waals surface area contributed by atoms with Crippen molar-refractivity contribution >= 4 is 6.09 Å². The molecule has 0 saturated carbocycles. The highest BCUT2D eigenvalue weighted by atomic mass is 16.4. The number of amides is 1. The zero-order chi connectivity index (χ0) is 12.3. The van der Waals surface area contributed by atoms with Crippen molar-refractivity contribution in [2.45, 2.75) is 46.6 Å². The second kappa shape index (κ2) is 4.84. The van der Waals surface area contributed by atoms with Gasteiger partial charge in [0.05, 0.1) is 12.1 Å². The Kier molecular flexibility index (Phi) is 4.59. The predicted octanol–water partition coefficient (Wildman–Crippen LogP) is 2.08. The quantitative estimate of drug-likeness (QED) is 0.675. The minimum atomic E-state index is -1.08. The van der Waals surface area contributed by atoms with E-state index in [0.29, 0.717) is 12.3 Å². The van der Waals surface area contributed by atoms with E-state index in [2.05, 4.69) is 5.32 Å². The van der Waals surface area contributed by atoms with Gasteiger partial charge in [-0.15, -0.1) is 0 Å². The molecule has 0 rings (SSSR count). The molecule has 1 amide bonds. The van der Waals surface area contributed by atoms with Crippen LogP contribution in [0.2, 0.25) is 0 Å². The second-order valence-electron chi connectivity index (χ2n) is 5.52. The highest BCUT2D eigenvalue weighted by Crippen LogP contribution is 2.35. The standard InChI is InChI=1S/C11H23NO3/c1-8(2)6-11(7-13,10(3,4)5)12-9(14)15/h8,12-13H,6-7H2,1-5H3,(H,14,15)/t11-/m1/s1. The summed E-state index contributed by atoms with van der Waals surface area (Å²) in [6.45, 7) is 9.64. The normalized spacial score (nSPS) is 16.2. The Morgan fingerprint density at radius 2 is 1.80 bits per heavy atom. The van der Waals surface area contributed by atoms with Crippen molar-refractivity contribution < 1.29 is 15.0 Å². The SMILES string of the molecule is CC(C)C[C@](CO)(NC(=O)O)C(C)(C)C. The van der Waals surface area contributed by atoms with E-state index in [1.807, 2.05) is 34.6 Å². The predicted molar refractivity (Wildman–Crippen MR) is 59.9 cm³/mol. The highest BCUT2D eigenvalue weighted by molar-refractivity contribution is 5.65. The molecule has 0 aliphatic carbocycles. The van der Waals surface area contributed by atoms with E-state index in [1.54, 1.807) is 0 Å². The van der Waals surface area contributed by atoms with E-state index in [1.165, 1.54) is 0 Å². The number of hydrogen-bond acceptors (Lipinski definition) is 2. The first-order valence-electron chi connectivity index (χ1n) is 5.26. The molecule has 0 spiro atoms.